The molecule has 3 nitrogen and oxygen atoms in total. The number of hydrogen-bond donors (Lipinski definition) is 1. The average molecular weight is 324 g/mol. The van der Waals surface area contributed by atoms with E-state index in [1.165, 1.54) is 12.1 Å². The lowest BCUT2D eigenvalue weighted by molar-refractivity contribution is 0.102. The van der Waals surface area contributed by atoms with Gasteiger partial charge in [0, 0.05) is 5.56 Å². The third-order valence-electron chi connectivity index (χ3n) is 2.46. The van der Waals surface area contributed by atoms with E-state index in [9.17, 15) is 9.18 Å². The highest BCUT2D eigenvalue weighted by atomic mass is 79.9. The zero-order valence-electron chi connectivity index (χ0n) is 9.90. The van der Waals surface area contributed by atoms with Gasteiger partial charge < -0.3 is 10.1 Å². The van der Waals surface area contributed by atoms with E-state index in [0.717, 1.165) is 0 Å². The lowest BCUT2D eigenvalue weighted by Gasteiger charge is -2.07. The van der Waals surface area contributed by atoms with Crippen molar-refractivity contribution in [3.63, 3.8) is 0 Å². The predicted octanol–water partition coefficient (Wildman–Crippen LogP) is 3.81. The van der Waals surface area contributed by atoms with E-state index in [4.69, 9.17) is 4.74 Å². The molecule has 2 rings (SSSR count). The van der Waals surface area contributed by atoms with E-state index in [0.29, 0.717) is 16.8 Å². The summed E-state index contributed by atoms with van der Waals surface area (Å²) >= 11 is 3.14. The number of hydrogen-bond acceptors (Lipinski definition) is 2. The summed E-state index contributed by atoms with van der Waals surface area (Å²) in [6.07, 6.45) is 0. The van der Waals surface area contributed by atoms with E-state index < -0.39 is 5.82 Å². The third kappa shape index (κ3) is 3.54. The Labute approximate surface area is 118 Å². The molecule has 2 aromatic rings. The fourth-order valence-electron chi connectivity index (χ4n) is 1.52. The van der Waals surface area contributed by atoms with Gasteiger partial charge in [-0.1, -0.05) is 12.1 Å². The van der Waals surface area contributed by atoms with Crippen LogP contribution >= 0.6 is 15.9 Å². The molecule has 98 valence electrons. The number of alkyl halides is 1. The summed E-state index contributed by atoms with van der Waals surface area (Å²) in [5.41, 5.74) is 0.979. The molecule has 19 heavy (non-hydrogen) atoms. The zero-order valence-corrected chi connectivity index (χ0v) is 11.5. The summed E-state index contributed by atoms with van der Waals surface area (Å²) in [5.74, 6) is -0.176. The van der Waals surface area contributed by atoms with Crippen molar-refractivity contribution in [2.45, 2.75) is 0 Å². The first-order valence-electron chi connectivity index (χ1n) is 5.55. The van der Waals surface area contributed by atoms with E-state index in [2.05, 4.69) is 21.2 Å². The molecule has 0 unspecified atom stereocenters. The highest BCUT2D eigenvalue weighted by molar-refractivity contribution is 9.09. The summed E-state index contributed by atoms with van der Waals surface area (Å²) in [7, 11) is 0. The summed E-state index contributed by atoms with van der Waals surface area (Å²) in [6, 6.07) is 12.6. The van der Waals surface area contributed by atoms with Gasteiger partial charge in [0.05, 0.1) is 5.69 Å². The summed E-state index contributed by atoms with van der Waals surface area (Å²) in [4.78, 5) is 11.9. The second kappa shape index (κ2) is 6.33. The Hall–Kier alpha value is -1.88. The SMILES string of the molecule is O=C(Nc1ccccc1F)c1ccc(OCBr)cc1. The molecule has 0 saturated heterocycles. The van der Waals surface area contributed by atoms with Crippen molar-refractivity contribution in [1.29, 1.82) is 0 Å². The molecule has 0 aromatic heterocycles. The largest absolute Gasteiger partial charge is 0.482 e. The van der Waals surface area contributed by atoms with Gasteiger partial charge in [-0.25, -0.2) is 4.39 Å². The van der Waals surface area contributed by atoms with Crippen molar-refractivity contribution < 1.29 is 13.9 Å². The minimum atomic E-state index is -0.463. The van der Waals surface area contributed by atoms with Crippen LogP contribution in [0.3, 0.4) is 0 Å². The molecule has 0 aliphatic carbocycles. The quantitative estimate of drug-likeness (QED) is 0.869. The maximum Gasteiger partial charge on any atom is 0.255 e. The summed E-state index contributed by atoms with van der Waals surface area (Å²) in [5, 5.41) is 2.51. The summed E-state index contributed by atoms with van der Waals surface area (Å²) in [6.45, 7) is 0. The second-order valence-electron chi connectivity index (χ2n) is 3.71. The standard InChI is InChI=1S/C14H11BrFNO2/c15-9-19-11-7-5-10(6-8-11)14(18)17-13-4-2-1-3-12(13)16/h1-8H,9H2,(H,17,18). The number of amides is 1. The van der Waals surface area contributed by atoms with Crippen LogP contribution in [0.1, 0.15) is 10.4 Å². The van der Waals surface area contributed by atoms with Gasteiger partial charge in [0.2, 0.25) is 0 Å². The molecule has 1 amide bonds. The number of carbonyl (C=O) groups excluding carboxylic acids is 1. The van der Waals surface area contributed by atoms with Gasteiger partial charge in [-0.15, -0.1) is 0 Å². The smallest absolute Gasteiger partial charge is 0.255 e. The first-order valence-corrected chi connectivity index (χ1v) is 6.67. The van der Waals surface area contributed by atoms with E-state index in [-0.39, 0.29) is 11.6 Å². The van der Waals surface area contributed by atoms with Crippen LogP contribution in [0.25, 0.3) is 0 Å². The van der Waals surface area contributed by atoms with Crippen LogP contribution in [-0.2, 0) is 0 Å². The van der Waals surface area contributed by atoms with E-state index in [1.807, 2.05) is 0 Å². The number of benzene rings is 2. The van der Waals surface area contributed by atoms with Gasteiger partial charge >= 0.3 is 0 Å². The summed E-state index contributed by atoms with van der Waals surface area (Å²) < 4.78 is 18.6. The lowest BCUT2D eigenvalue weighted by Crippen LogP contribution is -2.12. The van der Waals surface area contributed by atoms with Gasteiger partial charge in [0.1, 0.15) is 17.1 Å². The van der Waals surface area contributed by atoms with Gasteiger partial charge in [-0.3, -0.25) is 4.79 Å². The molecular weight excluding hydrogens is 313 g/mol. The van der Waals surface area contributed by atoms with E-state index in [1.54, 1.807) is 36.4 Å². The fraction of sp³-hybridized carbons (Fsp3) is 0.0714. The monoisotopic (exact) mass is 323 g/mol. The molecule has 0 fully saturated rings. The molecule has 0 radical (unpaired) electrons. The van der Waals surface area contributed by atoms with Crippen LogP contribution in [-0.4, -0.2) is 11.4 Å². The Morgan fingerprint density at radius 1 is 1.16 bits per heavy atom. The topological polar surface area (TPSA) is 38.3 Å². The number of carbonyl (C=O) groups is 1. The Balaban J connectivity index is 2.10. The van der Waals surface area contributed by atoms with Crippen molar-refractivity contribution in [2.75, 3.05) is 10.8 Å². The van der Waals surface area contributed by atoms with Crippen LogP contribution < -0.4 is 10.1 Å². The van der Waals surface area contributed by atoms with Gasteiger partial charge in [0.25, 0.3) is 5.91 Å². The molecule has 0 bridgehead atoms. The van der Waals surface area contributed by atoms with E-state index >= 15 is 0 Å². The van der Waals surface area contributed by atoms with Crippen LogP contribution in [0.4, 0.5) is 10.1 Å². The molecule has 2 aromatic carbocycles. The lowest BCUT2D eigenvalue weighted by atomic mass is 10.2. The Bertz CT molecular complexity index is 572. The minimum absolute atomic E-state index is 0.160. The predicted molar refractivity (Wildman–Crippen MR) is 75.2 cm³/mol. The number of halogens is 2. The first-order chi connectivity index (χ1) is 9.20. The molecule has 0 heterocycles. The molecule has 0 aliphatic rings. The van der Waals surface area contributed by atoms with Crippen molar-refractivity contribution in [3.8, 4) is 5.75 Å². The second-order valence-corrected chi connectivity index (χ2v) is 4.17. The van der Waals surface area contributed by atoms with Crippen molar-refractivity contribution >= 4 is 27.5 Å². The molecule has 0 spiro atoms. The molecule has 0 saturated carbocycles. The Kier molecular flexibility index (Phi) is 4.52. The molecular formula is C14H11BrFNO2. The van der Waals surface area contributed by atoms with Crippen LogP contribution in [0.5, 0.6) is 5.75 Å². The van der Waals surface area contributed by atoms with Crippen molar-refractivity contribution in [3.05, 3.63) is 59.9 Å². The van der Waals surface area contributed by atoms with Gasteiger partial charge in [-0.2, -0.15) is 0 Å². The number of anilines is 1. The minimum Gasteiger partial charge on any atom is -0.482 e. The Morgan fingerprint density at radius 3 is 2.47 bits per heavy atom. The highest BCUT2D eigenvalue weighted by Gasteiger charge is 2.08. The number of rotatable bonds is 4. The third-order valence-corrected chi connectivity index (χ3v) is 2.69. The maximum absolute atomic E-state index is 13.4. The van der Waals surface area contributed by atoms with Crippen LogP contribution in [0.15, 0.2) is 48.5 Å². The number of ether oxygens (including phenoxy) is 1. The molecule has 0 aliphatic heterocycles. The first kappa shape index (κ1) is 13.5. The average Bonchev–Trinajstić information content (AvgIpc) is 2.42. The molecule has 1 N–H and O–H groups in total. The maximum atomic E-state index is 13.4. The Morgan fingerprint density at radius 2 is 1.84 bits per heavy atom. The van der Waals surface area contributed by atoms with Crippen molar-refractivity contribution in [1.82, 2.24) is 0 Å². The normalized spacial score (nSPS) is 10.0. The fourth-order valence-corrected chi connectivity index (χ4v) is 1.79. The van der Waals surface area contributed by atoms with Gasteiger partial charge in [-0.05, 0) is 52.3 Å². The van der Waals surface area contributed by atoms with Crippen LogP contribution in [0, 0.1) is 5.82 Å². The zero-order chi connectivity index (χ0) is 13.7. The highest BCUT2D eigenvalue weighted by Crippen LogP contribution is 2.16. The number of para-hydroxylation sites is 1. The number of nitrogens with one attached hydrogen (secondary N) is 1. The molecule has 0 atom stereocenters. The van der Waals surface area contributed by atoms with Crippen LogP contribution in [0.2, 0.25) is 0 Å². The van der Waals surface area contributed by atoms with Gasteiger partial charge in [0.15, 0.2) is 0 Å². The molecule has 5 heteroatoms. The van der Waals surface area contributed by atoms with Crippen molar-refractivity contribution in [2.24, 2.45) is 0 Å².